The summed E-state index contributed by atoms with van der Waals surface area (Å²) in [4.78, 5) is 92.2. The first-order valence-corrected chi connectivity index (χ1v) is 27.7. The molecule has 16 heteroatoms. The van der Waals surface area contributed by atoms with Crippen LogP contribution >= 0.6 is 0 Å². The number of benzene rings is 2. The number of nitrogens with zero attached hydrogens (tertiary/aromatic N) is 6. The molecule has 14 nitrogen and oxygen atoms in total. The molecule has 2 aromatic carbocycles. The fraction of sp³-hybridized carbons (Fsp3) is 0.655. The third-order valence-corrected chi connectivity index (χ3v) is 16.2. The monoisotopic (exact) mass is 1100 g/mol. The number of carbonyl (C=O) groups excluding carboxylic acids is 6. The van der Waals surface area contributed by atoms with Crippen molar-refractivity contribution in [1.29, 1.82) is 0 Å². The first kappa shape index (κ1) is 63.3. The summed E-state index contributed by atoms with van der Waals surface area (Å²) in [5.41, 5.74) is 1.45. The van der Waals surface area contributed by atoms with Gasteiger partial charge in [0.05, 0.1) is 0 Å². The van der Waals surface area contributed by atoms with Crippen molar-refractivity contribution >= 4 is 46.2 Å². The molecule has 4 saturated carbocycles. The average molecular weight is 1110 g/mol. The van der Waals surface area contributed by atoms with Gasteiger partial charge >= 0.3 is 34.1 Å². The van der Waals surface area contributed by atoms with Crippen molar-refractivity contribution in [3.8, 4) is 0 Å². The minimum atomic E-state index is -0.380. The van der Waals surface area contributed by atoms with Crippen LogP contribution in [0.1, 0.15) is 170 Å². The molecule has 8 aliphatic rings. The normalized spacial score (nSPS) is 20.4. The third-order valence-electron chi connectivity index (χ3n) is 16.2. The van der Waals surface area contributed by atoms with Crippen LogP contribution in [-0.4, -0.2) is 170 Å². The van der Waals surface area contributed by atoms with E-state index in [0.717, 1.165) is 156 Å². The molecule has 0 unspecified atom stereocenters. The van der Waals surface area contributed by atoms with Gasteiger partial charge in [0, 0.05) is 123 Å². The maximum Gasteiger partial charge on any atom is 2.00 e. The van der Waals surface area contributed by atoms with Crippen molar-refractivity contribution in [2.24, 2.45) is 11.8 Å². The smallest absolute Gasteiger partial charge is 0.358 e. The van der Waals surface area contributed by atoms with E-state index in [0.29, 0.717) is 59.0 Å². The van der Waals surface area contributed by atoms with Gasteiger partial charge in [-0.05, 0) is 102 Å². The predicted octanol–water partition coefficient (Wildman–Crippen LogP) is 7.87. The van der Waals surface area contributed by atoms with Gasteiger partial charge in [-0.3, -0.25) is 38.6 Å². The Hall–Kier alpha value is -3.20. The second-order valence-corrected chi connectivity index (χ2v) is 21.1. The summed E-state index contributed by atoms with van der Waals surface area (Å²) in [6.45, 7) is 13.0. The molecule has 0 radical (unpaired) electrons. The molecule has 4 heterocycles. The summed E-state index contributed by atoms with van der Waals surface area (Å²) in [7, 11) is 0. The topological polar surface area (TPSA) is 146 Å². The fourth-order valence-electron chi connectivity index (χ4n) is 11.9. The number of hydrogen-bond donors (Lipinski definition) is 2. The first-order chi connectivity index (χ1) is 34.3. The Kier molecular flexibility index (Phi) is 27.8. The largest absolute Gasteiger partial charge is 2.00 e. The Bertz CT molecular complexity index is 1880. The van der Waals surface area contributed by atoms with E-state index in [1.54, 1.807) is 24.3 Å². The van der Waals surface area contributed by atoms with Gasteiger partial charge in [0.1, 0.15) is 0 Å². The zero-order valence-corrected chi connectivity index (χ0v) is 47.1. The zero-order chi connectivity index (χ0) is 48.7. The van der Waals surface area contributed by atoms with Crippen LogP contribution in [0.15, 0.2) is 24.3 Å². The molecule has 6 fully saturated rings. The van der Waals surface area contributed by atoms with E-state index in [4.69, 9.17) is 0 Å². The molecule has 2 saturated heterocycles. The molecule has 2 N–H and O–H groups in total. The van der Waals surface area contributed by atoms with Crippen LogP contribution < -0.4 is 10.6 Å². The Morgan fingerprint density at radius 2 is 0.689 bits per heavy atom. The Labute approximate surface area is 465 Å². The van der Waals surface area contributed by atoms with Gasteiger partial charge in [-0.25, -0.2) is 0 Å². The second-order valence-electron chi connectivity index (χ2n) is 21.1. The summed E-state index contributed by atoms with van der Waals surface area (Å²) in [5.74, 6) is -0.662. The molecule has 10 rings (SSSR count). The van der Waals surface area contributed by atoms with E-state index in [1.165, 1.54) is 61.2 Å². The molecule has 0 aromatic heterocycles. The number of piperazine rings is 2. The first-order valence-electron chi connectivity index (χ1n) is 27.7. The van der Waals surface area contributed by atoms with E-state index in [-0.39, 0.29) is 96.3 Å². The molecule has 0 atom stereocenters. The minimum Gasteiger partial charge on any atom is -0.358 e. The van der Waals surface area contributed by atoms with Gasteiger partial charge in [-0.15, -0.1) is 0 Å². The van der Waals surface area contributed by atoms with Crippen LogP contribution in [0.5, 0.6) is 0 Å². The predicted molar refractivity (Wildman–Crippen MR) is 287 cm³/mol. The fourth-order valence-corrected chi connectivity index (χ4v) is 11.9. The van der Waals surface area contributed by atoms with E-state index < -0.39 is 0 Å². The molecular formula is C58H88Fe2N8O6. The van der Waals surface area contributed by atoms with Crippen LogP contribution in [0.2, 0.25) is 0 Å². The average Bonchev–Trinajstić information content (AvgIpc) is 4.26. The maximum absolute atomic E-state index is 13.8. The van der Waals surface area contributed by atoms with Crippen LogP contribution in [0.3, 0.4) is 0 Å². The molecule has 2 aromatic rings. The van der Waals surface area contributed by atoms with Gasteiger partial charge < -0.3 is 57.9 Å². The number of carbonyl (C=O) groups is 6. The Balaban J connectivity index is 0.000000759. The van der Waals surface area contributed by atoms with Gasteiger partial charge in [0.25, 0.3) is 23.6 Å². The standard InChI is InChI=1S/C46H64N8O6.2C5H9.2CH3.2Fe/c55-41(33-9-1-2-10-33)47-17-5-19-49-25-29-51(30-26-49)21-7-23-53-43(57)35-13-15-37-40-38(16-14-36(39(35)40)44(53)58)46(60)54(45(37)59)24-8-22-52-31-27-50(28-32-52)20-6-18-48-42(56)34-11-3-4-12-34;2*1-2-4-5-3-1;;;;/h13-16,33-34H,1-12,17-32H2,(H,47,55)(H,48,56);2*1H,2-5H2;2*1H3;;/q;4*-1;2*+2. The molecular weight excluding hydrogens is 1020 g/mol. The van der Waals surface area contributed by atoms with Gasteiger partial charge in [0.15, 0.2) is 0 Å². The SMILES string of the molecule is O=C(NCCCN1CCN(CCCN2C(=O)c3ccc4c5c(ccc(c35)C2=O)C(=O)N(CCCN2CCN(CCCNC(=O)C3CCCC3)CC2)C4=O)CC1)C1CCCC1.[CH-]1CCCC1.[CH-]1CCCC1.[CH3-].[CH3-].[Fe+2].[Fe+2]. The molecule has 6 amide bonds. The summed E-state index contributed by atoms with van der Waals surface area (Å²) >= 11 is 0. The molecule has 0 bridgehead atoms. The van der Waals surface area contributed by atoms with Crippen molar-refractivity contribution in [2.45, 2.75) is 128 Å². The van der Waals surface area contributed by atoms with Crippen LogP contribution in [0, 0.1) is 39.5 Å². The van der Waals surface area contributed by atoms with Crippen molar-refractivity contribution in [3.63, 3.8) is 0 Å². The van der Waals surface area contributed by atoms with Gasteiger partial charge in [-0.2, -0.15) is 25.7 Å². The summed E-state index contributed by atoms with van der Waals surface area (Å²) < 4.78 is 0. The van der Waals surface area contributed by atoms with Crippen molar-refractivity contribution in [1.82, 2.24) is 40.0 Å². The van der Waals surface area contributed by atoms with E-state index >= 15 is 0 Å². The van der Waals surface area contributed by atoms with Crippen LogP contribution in [0.4, 0.5) is 0 Å². The summed E-state index contributed by atoms with van der Waals surface area (Å²) in [6.07, 6.45) is 28.0. The van der Waals surface area contributed by atoms with Crippen LogP contribution in [-0.2, 0) is 43.7 Å². The van der Waals surface area contributed by atoms with E-state index in [2.05, 4.69) is 43.1 Å². The second kappa shape index (κ2) is 32.5. The molecule has 4 aliphatic heterocycles. The van der Waals surface area contributed by atoms with Crippen LogP contribution in [0.25, 0.3) is 10.8 Å². The molecule has 74 heavy (non-hydrogen) atoms. The third kappa shape index (κ3) is 16.9. The van der Waals surface area contributed by atoms with E-state index in [1.807, 2.05) is 0 Å². The number of rotatable bonds is 18. The minimum absolute atomic E-state index is 0. The van der Waals surface area contributed by atoms with Crippen molar-refractivity contribution in [3.05, 3.63) is 74.2 Å². The number of hydrogen-bond acceptors (Lipinski definition) is 10. The number of amides is 6. The van der Waals surface area contributed by atoms with Gasteiger partial charge in [-0.1, -0.05) is 51.4 Å². The number of imide groups is 2. The Morgan fingerprint density at radius 3 is 0.946 bits per heavy atom. The van der Waals surface area contributed by atoms with Crippen molar-refractivity contribution in [2.75, 3.05) is 105 Å². The maximum atomic E-state index is 13.8. The summed E-state index contributed by atoms with van der Waals surface area (Å²) in [6, 6.07) is 6.62. The molecule has 4 aliphatic carbocycles. The Morgan fingerprint density at radius 1 is 0.419 bits per heavy atom. The van der Waals surface area contributed by atoms with E-state index in [9.17, 15) is 28.8 Å². The van der Waals surface area contributed by atoms with Crippen molar-refractivity contribution < 1.29 is 62.9 Å². The quantitative estimate of drug-likeness (QED) is 0.0655. The molecule has 0 spiro atoms. The zero-order valence-electron chi connectivity index (χ0n) is 44.9. The summed E-state index contributed by atoms with van der Waals surface area (Å²) in [5, 5.41) is 7.08. The van der Waals surface area contributed by atoms with Gasteiger partial charge in [0.2, 0.25) is 11.8 Å². The number of nitrogens with one attached hydrogen (secondary N) is 2. The molecule has 412 valence electrons.